The fourth-order valence-corrected chi connectivity index (χ4v) is 5.57. The number of hydrogen-bond donors (Lipinski definition) is 1. The van der Waals surface area contributed by atoms with Crippen LogP contribution in [-0.4, -0.2) is 31.7 Å². The second-order valence-corrected chi connectivity index (χ2v) is 9.73. The van der Waals surface area contributed by atoms with Crippen LogP contribution in [0.2, 0.25) is 5.02 Å². The second kappa shape index (κ2) is 9.45. The number of sulfonamides is 1. The summed E-state index contributed by atoms with van der Waals surface area (Å²) in [5, 5.41) is 3.68. The summed E-state index contributed by atoms with van der Waals surface area (Å²) in [5.74, 6) is -0.873. The first-order valence-corrected chi connectivity index (χ1v) is 12.0. The molecule has 30 heavy (non-hydrogen) atoms. The molecule has 1 N–H and O–H groups in total. The molecular weight excluding hydrogens is 427 g/mol. The summed E-state index contributed by atoms with van der Waals surface area (Å²) < 4.78 is 40.0. The molecule has 0 atom stereocenters. The summed E-state index contributed by atoms with van der Waals surface area (Å²) >= 11 is 6.32. The molecule has 0 radical (unpaired) electrons. The average molecular weight is 453 g/mol. The zero-order chi connectivity index (χ0) is 21.9. The Hall–Kier alpha value is -1.96. The maximum absolute atomic E-state index is 13.1. The van der Waals surface area contributed by atoms with Crippen LogP contribution in [0.3, 0.4) is 0 Å². The largest absolute Gasteiger partial charge is 0.325 e. The number of nitrogens with one attached hydrogen (secondary N) is 1. The number of hydrogen-bond acceptors (Lipinski definition) is 3. The lowest BCUT2D eigenvalue weighted by atomic mass is 9.96. The minimum atomic E-state index is -3.70. The van der Waals surface area contributed by atoms with Crippen molar-refractivity contribution in [1.82, 2.24) is 4.31 Å². The van der Waals surface area contributed by atoms with Crippen LogP contribution in [0, 0.1) is 11.7 Å². The molecule has 1 aliphatic heterocycles. The van der Waals surface area contributed by atoms with Crippen LogP contribution in [0.25, 0.3) is 0 Å². The molecule has 0 bridgehead atoms. The molecule has 0 aliphatic carbocycles. The number of aryl methyl sites for hydroxylation is 1. The molecule has 162 valence electrons. The Kier molecular flexibility index (Phi) is 7.16. The molecule has 2 aromatic rings. The number of anilines is 1. The van der Waals surface area contributed by atoms with Crippen LogP contribution in [0.15, 0.2) is 41.3 Å². The van der Waals surface area contributed by atoms with E-state index in [2.05, 4.69) is 5.32 Å². The molecule has 0 unspecified atom stereocenters. The van der Waals surface area contributed by atoms with Gasteiger partial charge in [0.05, 0.1) is 4.90 Å². The topological polar surface area (TPSA) is 66.5 Å². The van der Waals surface area contributed by atoms with Crippen LogP contribution >= 0.6 is 11.6 Å². The van der Waals surface area contributed by atoms with E-state index in [0.29, 0.717) is 24.3 Å². The number of carbonyl (C=O) groups excluding carboxylic acids is 1. The summed E-state index contributed by atoms with van der Waals surface area (Å²) in [6.07, 6.45) is 2.33. The van der Waals surface area contributed by atoms with Crippen molar-refractivity contribution in [3.8, 4) is 0 Å². The van der Waals surface area contributed by atoms with Gasteiger partial charge in [0.25, 0.3) is 0 Å². The highest BCUT2D eigenvalue weighted by atomic mass is 35.5. The van der Waals surface area contributed by atoms with Gasteiger partial charge in [0.15, 0.2) is 0 Å². The lowest BCUT2D eigenvalue weighted by molar-refractivity contribution is -0.120. The first kappa shape index (κ1) is 22.7. The maximum atomic E-state index is 13.1. The summed E-state index contributed by atoms with van der Waals surface area (Å²) in [4.78, 5) is 13.0. The molecule has 1 saturated heterocycles. The lowest BCUT2D eigenvalue weighted by Crippen LogP contribution is -2.41. The number of rotatable bonds is 6. The minimum Gasteiger partial charge on any atom is -0.325 e. The molecule has 0 saturated carbocycles. The number of amides is 1. The lowest BCUT2D eigenvalue weighted by Gasteiger charge is -2.31. The Bertz CT molecular complexity index is 1020. The summed E-state index contributed by atoms with van der Waals surface area (Å²) in [6.45, 7) is 4.51. The van der Waals surface area contributed by atoms with Gasteiger partial charge in [-0.05, 0) is 67.1 Å². The van der Waals surface area contributed by atoms with Gasteiger partial charge in [-0.25, -0.2) is 12.8 Å². The number of halogens is 2. The summed E-state index contributed by atoms with van der Waals surface area (Å²) in [5.41, 5.74) is 2.72. The highest BCUT2D eigenvalue weighted by Gasteiger charge is 2.32. The van der Waals surface area contributed by atoms with Crippen molar-refractivity contribution in [3.05, 3.63) is 58.4 Å². The van der Waals surface area contributed by atoms with Crippen molar-refractivity contribution in [1.29, 1.82) is 0 Å². The van der Waals surface area contributed by atoms with Crippen molar-refractivity contribution in [3.63, 3.8) is 0 Å². The van der Waals surface area contributed by atoms with E-state index in [-0.39, 0.29) is 29.8 Å². The van der Waals surface area contributed by atoms with Crippen molar-refractivity contribution < 1.29 is 17.6 Å². The van der Waals surface area contributed by atoms with Crippen LogP contribution in [0.1, 0.15) is 37.8 Å². The molecule has 8 heteroatoms. The standard InChI is InChI=1S/C22H26ClFN2O3S/c1-3-15-5-10-20(23)19(4-2)21(15)25-22(27)16-11-13-26(14-12-16)30(28,29)18-8-6-17(24)7-9-18/h5-10,16H,3-4,11-14H2,1-2H3,(H,25,27). The Morgan fingerprint density at radius 2 is 1.73 bits per heavy atom. The van der Waals surface area contributed by atoms with Crippen molar-refractivity contribution in [2.24, 2.45) is 5.92 Å². The van der Waals surface area contributed by atoms with Crippen LogP contribution in [0.4, 0.5) is 10.1 Å². The smallest absolute Gasteiger partial charge is 0.243 e. The predicted molar refractivity (Wildman–Crippen MR) is 117 cm³/mol. The third kappa shape index (κ3) is 4.68. The second-order valence-electron chi connectivity index (χ2n) is 7.39. The minimum absolute atomic E-state index is 0.0610. The third-order valence-corrected chi connectivity index (χ3v) is 7.87. The van der Waals surface area contributed by atoms with E-state index >= 15 is 0 Å². The summed E-state index contributed by atoms with van der Waals surface area (Å²) in [6, 6.07) is 8.58. The predicted octanol–water partition coefficient (Wildman–Crippen LogP) is 4.64. The number of piperidine rings is 1. The average Bonchev–Trinajstić information content (AvgIpc) is 2.74. The van der Waals surface area contributed by atoms with Crippen molar-refractivity contribution >= 4 is 33.2 Å². The van der Waals surface area contributed by atoms with Gasteiger partial charge in [-0.3, -0.25) is 4.79 Å². The van der Waals surface area contributed by atoms with Gasteiger partial charge < -0.3 is 5.32 Å². The number of carbonyl (C=O) groups is 1. The zero-order valence-corrected chi connectivity index (χ0v) is 18.7. The van der Waals surface area contributed by atoms with Gasteiger partial charge in [0.2, 0.25) is 15.9 Å². The van der Waals surface area contributed by atoms with Gasteiger partial charge >= 0.3 is 0 Å². The Labute approximate surface area is 182 Å². The van der Waals surface area contributed by atoms with E-state index in [9.17, 15) is 17.6 Å². The fraction of sp³-hybridized carbons (Fsp3) is 0.409. The molecule has 2 aromatic carbocycles. The molecule has 5 nitrogen and oxygen atoms in total. The Morgan fingerprint density at radius 3 is 2.30 bits per heavy atom. The van der Waals surface area contributed by atoms with Crippen LogP contribution in [0.5, 0.6) is 0 Å². The maximum Gasteiger partial charge on any atom is 0.243 e. The van der Waals surface area contributed by atoms with E-state index in [0.717, 1.165) is 35.4 Å². The number of benzene rings is 2. The summed E-state index contributed by atoms with van der Waals surface area (Å²) in [7, 11) is -3.70. The van der Waals surface area contributed by atoms with Gasteiger partial charge in [-0.15, -0.1) is 0 Å². The Balaban J connectivity index is 1.69. The molecule has 1 amide bonds. The number of nitrogens with zero attached hydrogens (tertiary/aromatic N) is 1. The first-order chi connectivity index (χ1) is 14.3. The Morgan fingerprint density at radius 1 is 1.10 bits per heavy atom. The molecule has 3 rings (SSSR count). The fourth-order valence-electron chi connectivity index (χ4n) is 3.81. The van der Waals surface area contributed by atoms with Gasteiger partial charge in [-0.1, -0.05) is 31.5 Å². The van der Waals surface area contributed by atoms with E-state index in [1.54, 1.807) is 0 Å². The highest BCUT2D eigenvalue weighted by molar-refractivity contribution is 7.89. The van der Waals surface area contributed by atoms with E-state index in [4.69, 9.17) is 11.6 Å². The molecule has 0 aromatic heterocycles. The monoisotopic (exact) mass is 452 g/mol. The van der Waals surface area contributed by atoms with Crippen LogP contribution in [-0.2, 0) is 27.7 Å². The molecule has 1 heterocycles. The SMILES string of the molecule is CCc1ccc(Cl)c(CC)c1NC(=O)C1CCN(S(=O)(=O)c2ccc(F)cc2)CC1. The van der Waals surface area contributed by atoms with Gasteiger partial charge in [0.1, 0.15) is 5.82 Å². The van der Waals surface area contributed by atoms with Crippen molar-refractivity contribution in [2.45, 2.75) is 44.4 Å². The van der Waals surface area contributed by atoms with E-state index in [1.807, 2.05) is 26.0 Å². The first-order valence-electron chi connectivity index (χ1n) is 10.1. The van der Waals surface area contributed by atoms with Gasteiger partial charge in [-0.2, -0.15) is 4.31 Å². The van der Waals surface area contributed by atoms with Crippen LogP contribution < -0.4 is 5.32 Å². The van der Waals surface area contributed by atoms with E-state index in [1.165, 1.54) is 16.4 Å². The van der Waals surface area contributed by atoms with Gasteiger partial charge in [0, 0.05) is 29.7 Å². The molecule has 0 spiro atoms. The quantitative estimate of drug-likeness (QED) is 0.694. The third-order valence-electron chi connectivity index (χ3n) is 5.60. The highest BCUT2D eigenvalue weighted by Crippen LogP contribution is 2.31. The molecular formula is C22H26ClFN2O3S. The normalized spacial score (nSPS) is 15.9. The zero-order valence-electron chi connectivity index (χ0n) is 17.1. The van der Waals surface area contributed by atoms with Crippen molar-refractivity contribution in [2.75, 3.05) is 18.4 Å². The van der Waals surface area contributed by atoms with E-state index < -0.39 is 15.8 Å². The molecule has 1 fully saturated rings. The molecule has 1 aliphatic rings.